The molecule has 7 nitrogen and oxygen atoms in total. The van der Waals surface area contributed by atoms with E-state index in [1.54, 1.807) is 0 Å². The smallest absolute Gasteiger partial charge is 0.341 e. The minimum absolute atomic E-state index is 0.0470. The molecule has 0 aliphatic heterocycles. The van der Waals surface area contributed by atoms with Gasteiger partial charge in [-0.15, -0.1) is 0 Å². The van der Waals surface area contributed by atoms with Crippen molar-refractivity contribution in [2.75, 3.05) is 0 Å². The Morgan fingerprint density at radius 1 is 1.36 bits per heavy atom. The zero-order chi connectivity index (χ0) is 16.0. The van der Waals surface area contributed by atoms with E-state index in [2.05, 4.69) is 14.3 Å². The highest BCUT2D eigenvalue weighted by atomic mass is 35.5. The van der Waals surface area contributed by atoms with Crippen LogP contribution in [0.25, 0.3) is 16.2 Å². The molecule has 3 aromatic heterocycles. The number of pyridine rings is 2. The molecular weight excluding hydrogens is 358 g/mol. The number of carboxylic acid groups (broad SMARTS) is 1. The number of aromatic carboxylic acids is 1. The van der Waals surface area contributed by atoms with Crippen LogP contribution in [0.2, 0.25) is 10.4 Å². The molecule has 0 spiro atoms. The molecule has 3 aromatic rings. The minimum atomic E-state index is -1.47. The average Bonchev–Trinajstić information content (AvgIpc) is 2.87. The van der Waals surface area contributed by atoms with Gasteiger partial charge in [-0.1, -0.05) is 11.6 Å². The molecular formula is C11H3Cl2FN4O3S. The molecule has 112 valence electrons. The molecule has 0 radical (unpaired) electrons. The molecule has 0 aliphatic carbocycles. The van der Waals surface area contributed by atoms with E-state index in [-0.39, 0.29) is 21.4 Å². The van der Waals surface area contributed by atoms with Crippen molar-refractivity contribution in [3.63, 3.8) is 0 Å². The topological polar surface area (TPSA) is 98.0 Å². The minimum Gasteiger partial charge on any atom is -0.477 e. The molecule has 0 unspecified atom stereocenters. The number of carboxylic acids is 1. The molecule has 0 saturated heterocycles. The number of aromatic nitrogens is 4. The van der Waals surface area contributed by atoms with Crippen molar-refractivity contribution in [3.8, 4) is 5.13 Å². The van der Waals surface area contributed by atoms with Crippen molar-refractivity contribution in [1.29, 1.82) is 0 Å². The molecule has 3 heterocycles. The molecule has 0 bridgehead atoms. The van der Waals surface area contributed by atoms with Gasteiger partial charge in [-0.2, -0.15) is 9.36 Å². The van der Waals surface area contributed by atoms with E-state index in [1.807, 2.05) is 0 Å². The first-order valence-corrected chi connectivity index (χ1v) is 7.05. The molecule has 1 N–H and O–H groups in total. The van der Waals surface area contributed by atoms with Gasteiger partial charge in [-0.05, 0) is 17.7 Å². The van der Waals surface area contributed by atoms with E-state index in [0.717, 1.165) is 23.8 Å². The van der Waals surface area contributed by atoms with Gasteiger partial charge in [0.25, 0.3) is 0 Å². The lowest BCUT2D eigenvalue weighted by Crippen LogP contribution is -2.19. The van der Waals surface area contributed by atoms with E-state index in [9.17, 15) is 14.0 Å². The Kier molecular flexibility index (Phi) is 3.55. The summed E-state index contributed by atoms with van der Waals surface area (Å²) in [4.78, 5) is 31.0. The first kappa shape index (κ1) is 14.8. The second kappa shape index (κ2) is 5.27. The van der Waals surface area contributed by atoms with Crippen LogP contribution in [0.3, 0.4) is 0 Å². The highest BCUT2D eigenvalue weighted by Crippen LogP contribution is 2.22. The predicted molar refractivity (Wildman–Crippen MR) is 77.7 cm³/mol. The second-order valence-corrected chi connectivity index (χ2v) is 5.45. The van der Waals surface area contributed by atoms with Gasteiger partial charge in [0.2, 0.25) is 15.8 Å². The third-order valence-electron chi connectivity index (χ3n) is 2.72. The monoisotopic (exact) mass is 360 g/mol. The first-order chi connectivity index (χ1) is 10.4. The Morgan fingerprint density at radius 3 is 2.68 bits per heavy atom. The van der Waals surface area contributed by atoms with Crippen LogP contribution in [-0.2, 0) is 0 Å². The summed E-state index contributed by atoms with van der Waals surface area (Å²) in [5, 5.41) is 8.51. The van der Waals surface area contributed by atoms with Crippen molar-refractivity contribution in [2.24, 2.45) is 0 Å². The van der Waals surface area contributed by atoms with Gasteiger partial charge in [-0.25, -0.2) is 14.2 Å². The van der Waals surface area contributed by atoms with Gasteiger partial charge in [-0.3, -0.25) is 9.36 Å². The summed E-state index contributed by atoms with van der Waals surface area (Å²) in [5.74, 6) is -2.40. The lowest BCUT2D eigenvalue weighted by Gasteiger charge is -2.08. The van der Waals surface area contributed by atoms with Crippen molar-refractivity contribution in [1.82, 2.24) is 18.9 Å². The van der Waals surface area contributed by atoms with Gasteiger partial charge in [0, 0.05) is 17.7 Å². The zero-order valence-electron chi connectivity index (χ0n) is 10.2. The third kappa shape index (κ3) is 2.32. The molecule has 0 saturated carbocycles. The standard InChI is InChI=1S/C11H3Cl2FN4O3S/c12-7-5(14)1-3-6(19)4(9(20)21)2-18(8(3)15-7)11-16-10(13)17-22-11/h1-2H,(H,20,21). The summed E-state index contributed by atoms with van der Waals surface area (Å²) in [6.45, 7) is 0. The molecule has 3 rings (SSSR count). The Bertz CT molecular complexity index is 987. The van der Waals surface area contributed by atoms with E-state index >= 15 is 0 Å². The zero-order valence-corrected chi connectivity index (χ0v) is 12.6. The van der Waals surface area contributed by atoms with Crippen molar-refractivity contribution < 1.29 is 14.3 Å². The Balaban J connectivity index is 2.49. The fraction of sp³-hybridized carbons (Fsp3) is 0. The first-order valence-electron chi connectivity index (χ1n) is 5.52. The molecule has 0 amide bonds. The quantitative estimate of drug-likeness (QED) is 0.704. The third-order valence-corrected chi connectivity index (χ3v) is 3.97. The number of carbonyl (C=O) groups is 1. The molecule has 0 atom stereocenters. The molecule has 0 fully saturated rings. The van der Waals surface area contributed by atoms with Gasteiger partial charge >= 0.3 is 5.97 Å². The van der Waals surface area contributed by atoms with Crippen LogP contribution < -0.4 is 5.43 Å². The van der Waals surface area contributed by atoms with Gasteiger partial charge < -0.3 is 5.11 Å². The lowest BCUT2D eigenvalue weighted by atomic mass is 10.2. The van der Waals surface area contributed by atoms with E-state index < -0.39 is 27.9 Å². The maximum Gasteiger partial charge on any atom is 0.341 e. The molecule has 0 aromatic carbocycles. The fourth-order valence-corrected chi connectivity index (χ4v) is 2.72. The number of hydrogen-bond donors (Lipinski definition) is 1. The van der Waals surface area contributed by atoms with Crippen LogP contribution in [0.15, 0.2) is 17.1 Å². The Labute approximate surface area is 134 Å². The second-order valence-electron chi connectivity index (χ2n) is 4.03. The fourth-order valence-electron chi connectivity index (χ4n) is 1.80. The van der Waals surface area contributed by atoms with E-state index in [4.69, 9.17) is 28.3 Å². The largest absolute Gasteiger partial charge is 0.477 e. The van der Waals surface area contributed by atoms with Crippen LogP contribution in [-0.4, -0.2) is 30.0 Å². The predicted octanol–water partition coefficient (Wildman–Crippen LogP) is 2.38. The SMILES string of the molecule is O=C(O)c1cn(-c2nc(Cl)ns2)c2nc(Cl)c(F)cc2c1=O. The lowest BCUT2D eigenvalue weighted by molar-refractivity contribution is 0.0695. The van der Waals surface area contributed by atoms with E-state index in [1.165, 1.54) is 4.57 Å². The van der Waals surface area contributed by atoms with Crippen molar-refractivity contribution in [2.45, 2.75) is 0 Å². The van der Waals surface area contributed by atoms with Gasteiger partial charge in [0.15, 0.2) is 16.6 Å². The maximum atomic E-state index is 13.6. The normalized spacial score (nSPS) is 11.0. The highest BCUT2D eigenvalue weighted by molar-refractivity contribution is 7.08. The highest BCUT2D eigenvalue weighted by Gasteiger charge is 2.19. The molecule has 0 aliphatic rings. The van der Waals surface area contributed by atoms with Crippen LogP contribution >= 0.6 is 34.7 Å². The summed E-state index contributed by atoms with van der Waals surface area (Å²) < 4.78 is 18.5. The summed E-state index contributed by atoms with van der Waals surface area (Å²) in [6, 6.07) is 0.832. The van der Waals surface area contributed by atoms with Gasteiger partial charge in [0.1, 0.15) is 5.56 Å². The van der Waals surface area contributed by atoms with Crippen LogP contribution in [0, 0.1) is 5.82 Å². The maximum absolute atomic E-state index is 13.6. The van der Waals surface area contributed by atoms with Crippen LogP contribution in [0.5, 0.6) is 0 Å². The van der Waals surface area contributed by atoms with Crippen molar-refractivity contribution in [3.05, 3.63) is 44.3 Å². The van der Waals surface area contributed by atoms with Crippen LogP contribution in [0.4, 0.5) is 4.39 Å². The Hall–Kier alpha value is -2.10. The molecule has 11 heteroatoms. The van der Waals surface area contributed by atoms with E-state index in [0.29, 0.717) is 0 Å². The summed E-state index contributed by atoms with van der Waals surface area (Å²) in [6.07, 6.45) is 1.02. The Morgan fingerprint density at radius 2 is 2.09 bits per heavy atom. The number of hydrogen-bond acceptors (Lipinski definition) is 6. The van der Waals surface area contributed by atoms with Crippen LogP contribution in [0.1, 0.15) is 10.4 Å². The van der Waals surface area contributed by atoms with Gasteiger partial charge in [0.05, 0.1) is 5.39 Å². The summed E-state index contributed by atoms with van der Waals surface area (Å²) in [7, 11) is 0. The summed E-state index contributed by atoms with van der Waals surface area (Å²) >= 11 is 12.1. The number of rotatable bonds is 2. The number of fused-ring (bicyclic) bond motifs is 1. The number of nitrogens with zero attached hydrogens (tertiary/aromatic N) is 4. The number of halogens is 3. The van der Waals surface area contributed by atoms with Crippen molar-refractivity contribution >= 4 is 51.7 Å². The summed E-state index contributed by atoms with van der Waals surface area (Å²) in [5.41, 5.74) is -1.49. The average molecular weight is 361 g/mol. The molecule has 22 heavy (non-hydrogen) atoms.